The monoisotopic (exact) mass is 191 g/mol. The summed E-state index contributed by atoms with van der Waals surface area (Å²) in [5.74, 6) is -0.00560. The van der Waals surface area contributed by atoms with Gasteiger partial charge in [-0.15, -0.1) is 0 Å². The number of unbranched alkanes of at least 4 members (excludes halogenated alkanes) is 1. The summed E-state index contributed by atoms with van der Waals surface area (Å²) in [4.78, 5) is 10.9. The smallest absolute Gasteiger partial charge is 0.221 e. The van der Waals surface area contributed by atoms with Gasteiger partial charge in [0.1, 0.15) is 0 Å². The fourth-order valence-electron chi connectivity index (χ4n) is 1.42. The van der Waals surface area contributed by atoms with Gasteiger partial charge in [0.05, 0.1) is 0 Å². The third kappa shape index (κ3) is 3.21. The van der Waals surface area contributed by atoms with Crippen LogP contribution in [0.15, 0.2) is 24.3 Å². The van der Waals surface area contributed by atoms with Gasteiger partial charge in [0, 0.05) is 12.6 Å². The van der Waals surface area contributed by atoms with E-state index in [0.717, 1.165) is 18.5 Å². The molecule has 0 bridgehead atoms. The van der Waals surface area contributed by atoms with Crippen molar-refractivity contribution in [2.45, 2.75) is 33.1 Å². The number of amides is 1. The average Bonchev–Trinajstić information content (AvgIpc) is 2.16. The standard InChI is InChI=1S/C12H17NO/c1-3-4-7-11-8-5-6-9-12(11)13-10(2)14/h5-6,8-9H,3-4,7H2,1-2H3,(H,13,14). The highest BCUT2D eigenvalue weighted by Crippen LogP contribution is 2.17. The molecular formula is C12H17NO. The van der Waals surface area contributed by atoms with Gasteiger partial charge in [-0.25, -0.2) is 0 Å². The van der Waals surface area contributed by atoms with E-state index in [4.69, 9.17) is 0 Å². The Morgan fingerprint density at radius 1 is 1.36 bits per heavy atom. The van der Waals surface area contributed by atoms with Crippen LogP contribution in [0.2, 0.25) is 0 Å². The minimum absolute atomic E-state index is 0.00560. The predicted molar refractivity (Wildman–Crippen MR) is 59.4 cm³/mol. The Morgan fingerprint density at radius 3 is 2.71 bits per heavy atom. The Hall–Kier alpha value is -1.31. The molecule has 0 unspecified atom stereocenters. The van der Waals surface area contributed by atoms with Gasteiger partial charge in [-0.05, 0) is 24.5 Å². The van der Waals surface area contributed by atoms with Crippen LogP contribution >= 0.6 is 0 Å². The topological polar surface area (TPSA) is 29.1 Å². The number of para-hydroxylation sites is 1. The molecule has 0 radical (unpaired) electrons. The van der Waals surface area contributed by atoms with Crippen molar-refractivity contribution < 1.29 is 4.79 Å². The lowest BCUT2D eigenvalue weighted by atomic mass is 10.1. The number of rotatable bonds is 4. The van der Waals surface area contributed by atoms with Crippen LogP contribution in [0.5, 0.6) is 0 Å². The van der Waals surface area contributed by atoms with Crippen molar-refractivity contribution in [3.8, 4) is 0 Å². The van der Waals surface area contributed by atoms with Gasteiger partial charge in [-0.2, -0.15) is 0 Å². The van der Waals surface area contributed by atoms with Crippen LogP contribution in [0.1, 0.15) is 32.3 Å². The van der Waals surface area contributed by atoms with E-state index in [-0.39, 0.29) is 5.91 Å². The highest BCUT2D eigenvalue weighted by atomic mass is 16.1. The molecule has 2 nitrogen and oxygen atoms in total. The summed E-state index contributed by atoms with van der Waals surface area (Å²) in [6, 6.07) is 7.98. The Balaban J connectivity index is 2.74. The van der Waals surface area contributed by atoms with E-state index >= 15 is 0 Å². The van der Waals surface area contributed by atoms with Gasteiger partial charge in [-0.3, -0.25) is 4.79 Å². The van der Waals surface area contributed by atoms with E-state index in [1.807, 2.05) is 18.2 Å². The first-order valence-electron chi connectivity index (χ1n) is 5.09. The highest BCUT2D eigenvalue weighted by molar-refractivity contribution is 5.89. The Bertz CT molecular complexity index is 307. The number of benzene rings is 1. The molecule has 0 spiro atoms. The van der Waals surface area contributed by atoms with Crippen LogP contribution in [-0.2, 0) is 11.2 Å². The summed E-state index contributed by atoms with van der Waals surface area (Å²) in [6.07, 6.45) is 3.37. The van der Waals surface area contributed by atoms with Crippen LogP contribution in [0.3, 0.4) is 0 Å². The second-order valence-electron chi connectivity index (χ2n) is 3.44. The van der Waals surface area contributed by atoms with E-state index in [0.29, 0.717) is 0 Å². The summed E-state index contributed by atoms with van der Waals surface area (Å²) in [5, 5.41) is 2.84. The summed E-state index contributed by atoms with van der Waals surface area (Å²) >= 11 is 0. The van der Waals surface area contributed by atoms with Crippen molar-refractivity contribution in [3.63, 3.8) is 0 Å². The Kier molecular flexibility index (Phi) is 4.17. The molecule has 0 atom stereocenters. The lowest BCUT2D eigenvalue weighted by Crippen LogP contribution is -2.07. The van der Waals surface area contributed by atoms with Crippen LogP contribution < -0.4 is 5.32 Å². The third-order valence-corrected chi connectivity index (χ3v) is 2.13. The van der Waals surface area contributed by atoms with Gasteiger partial charge in [-0.1, -0.05) is 31.5 Å². The lowest BCUT2D eigenvalue weighted by Gasteiger charge is -2.08. The summed E-state index contributed by atoms with van der Waals surface area (Å²) < 4.78 is 0. The molecule has 0 aromatic heterocycles. The number of nitrogens with one attached hydrogen (secondary N) is 1. The normalized spacial score (nSPS) is 9.86. The molecule has 0 aliphatic carbocycles. The Morgan fingerprint density at radius 2 is 2.07 bits per heavy atom. The van der Waals surface area contributed by atoms with Crippen LogP contribution in [0.4, 0.5) is 5.69 Å². The molecule has 0 heterocycles. The zero-order valence-electron chi connectivity index (χ0n) is 8.84. The molecule has 14 heavy (non-hydrogen) atoms. The molecular weight excluding hydrogens is 174 g/mol. The number of anilines is 1. The van der Waals surface area contributed by atoms with Crippen molar-refractivity contribution in [3.05, 3.63) is 29.8 Å². The minimum Gasteiger partial charge on any atom is -0.326 e. The van der Waals surface area contributed by atoms with Crippen molar-refractivity contribution in [2.75, 3.05) is 5.32 Å². The fraction of sp³-hybridized carbons (Fsp3) is 0.417. The maximum absolute atomic E-state index is 10.9. The second kappa shape index (κ2) is 5.43. The average molecular weight is 191 g/mol. The predicted octanol–water partition coefficient (Wildman–Crippen LogP) is 2.99. The number of hydrogen-bond acceptors (Lipinski definition) is 1. The van der Waals surface area contributed by atoms with Crippen molar-refractivity contribution >= 4 is 11.6 Å². The zero-order chi connectivity index (χ0) is 10.4. The maximum Gasteiger partial charge on any atom is 0.221 e. The molecule has 1 aromatic rings. The fourth-order valence-corrected chi connectivity index (χ4v) is 1.42. The SMILES string of the molecule is CCCCc1ccccc1NC(C)=O. The number of carbonyl (C=O) groups is 1. The van der Waals surface area contributed by atoms with E-state index in [1.165, 1.54) is 18.9 Å². The third-order valence-electron chi connectivity index (χ3n) is 2.13. The van der Waals surface area contributed by atoms with E-state index in [2.05, 4.69) is 18.3 Å². The molecule has 1 amide bonds. The number of hydrogen-bond donors (Lipinski definition) is 1. The quantitative estimate of drug-likeness (QED) is 0.778. The second-order valence-corrected chi connectivity index (χ2v) is 3.44. The molecule has 0 fully saturated rings. The van der Waals surface area contributed by atoms with Gasteiger partial charge < -0.3 is 5.32 Å². The molecule has 2 heteroatoms. The number of aryl methyl sites for hydroxylation is 1. The molecule has 1 N–H and O–H groups in total. The van der Waals surface area contributed by atoms with Gasteiger partial charge in [0.25, 0.3) is 0 Å². The highest BCUT2D eigenvalue weighted by Gasteiger charge is 2.01. The van der Waals surface area contributed by atoms with E-state index < -0.39 is 0 Å². The summed E-state index contributed by atoms with van der Waals surface area (Å²) in [6.45, 7) is 3.71. The molecule has 0 saturated heterocycles. The van der Waals surface area contributed by atoms with Gasteiger partial charge >= 0.3 is 0 Å². The molecule has 1 aromatic carbocycles. The first-order chi connectivity index (χ1) is 6.74. The molecule has 0 saturated carbocycles. The summed E-state index contributed by atoms with van der Waals surface area (Å²) in [5.41, 5.74) is 2.18. The van der Waals surface area contributed by atoms with Crippen LogP contribution in [0, 0.1) is 0 Å². The van der Waals surface area contributed by atoms with Crippen molar-refractivity contribution in [1.82, 2.24) is 0 Å². The maximum atomic E-state index is 10.9. The molecule has 76 valence electrons. The largest absolute Gasteiger partial charge is 0.326 e. The Labute approximate surface area is 85.3 Å². The van der Waals surface area contributed by atoms with Crippen molar-refractivity contribution in [2.24, 2.45) is 0 Å². The van der Waals surface area contributed by atoms with Crippen LogP contribution in [0.25, 0.3) is 0 Å². The molecule has 0 aliphatic rings. The molecule has 1 rings (SSSR count). The van der Waals surface area contributed by atoms with Gasteiger partial charge in [0.15, 0.2) is 0 Å². The first-order valence-corrected chi connectivity index (χ1v) is 5.09. The number of carbonyl (C=O) groups excluding carboxylic acids is 1. The zero-order valence-corrected chi connectivity index (χ0v) is 8.84. The van der Waals surface area contributed by atoms with Gasteiger partial charge in [0.2, 0.25) is 5.91 Å². The van der Waals surface area contributed by atoms with Crippen LogP contribution in [-0.4, -0.2) is 5.91 Å². The van der Waals surface area contributed by atoms with Crippen molar-refractivity contribution in [1.29, 1.82) is 0 Å². The minimum atomic E-state index is -0.00560. The first kappa shape index (κ1) is 10.8. The molecule has 0 aliphatic heterocycles. The van der Waals surface area contributed by atoms with E-state index in [9.17, 15) is 4.79 Å². The lowest BCUT2D eigenvalue weighted by molar-refractivity contribution is -0.114. The summed E-state index contributed by atoms with van der Waals surface area (Å²) in [7, 11) is 0. The van der Waals surface area contributed by atoms with E-state index in [1.54, 1.807) is 0 Å².